The number of nitrogens with zero attached hydrogens (tertiary/aromatic N) is 1. The van der Waals surface area contributed by atoms with Crippen molar-refractivity contribution in [2.24, 2.45) is 5.92 Å². The number of aliphatic carboxylic acids is 1. The van der Waals surface area contributed by atoms with E-state index in [0.29, 0.717) is 0 Å². The Balaban J connectivity index is 2.10. The number of carboxylic acids is 1. The summed E-state index contributed by atoms with van der Waals surface area (Å²) in [4.78, 5) is 10.9. The minimum atomic E-state index is -3.53. The first-order valence-corrected chi connectivity index (χ1v) is 7.71. The second-order valence-electron chi connectivity index (χ2n) is 4.75. The molecule has 1 heterocycles. The molecule has 6 heteroatoms. The number of sulfonamides is 1. The van der Waals surface area contributed by atoms with Crippen molar-refractivity contribution in [1.29, 1.82) is 0 Å². The summed E-state index contributed by atoms with van der Waals surface area (Å²) in [5, 5.41) is 8.76. The normalized spacial score (nSPS) is 17.1. The van der Waals surface area contributed by atoms with E-state index in [1.54, 1.807) is 12.1 Å². The number of benzene rings is 1. The zero-order valence-corrected chi connectivity index (χ0v) is 11.6. The standard InChI is InChI=1S/C13H17NO4S/c1-2-3-10-4-6-12(7-5-10)19(17,18)14-8-11(9-14)13(15)16/h4-7,11H,2-3,8-9H2,1H3,(H,15,16). The smallest absolute Gasteiger partial charge is 0.309 e. The molecular weight excluding hydrogens is 266 g/mol. The Labute approximate surface area is 112 Å². The molecule has 1 aliphatic heterocycles. The van der Waals surface area contributed by atoms with E-state index in [1.165, 1.54) is 4.31 Å². The van der Waals surface area contributed by atoms with Gasteiger partial charge in [-0.1, -0.05) is 25.5 Å². The Morgan fingerprint density at radius 1 is 1.32 bits per heavy atom. The second-order valence-corrected chi connectivity index (χ2v) is 6.69. The van der Waals surface area contributed by atoms with Crippen molar-refractivity contribution in [3.63, 3.8) is 0 Å². The molecule has 0 unspecified atom stereocenters. The quantitative estimate of drug-likeness (QED) is 0.885. The van der Waals surface area contributed by atoms with Gasteiger partial charge < -0.3 is 5.11 Å². The molecule has 0 amide bonds. The van der Waals surface area contributed by atoms with Gasteiger partial charge in [0, 0.05) is 13.1 Å². The highest BCUT2D eigenvalue weighted by atomic mass is 32.2. The molecule has 1 aromatic rings. The van der Waals surface area contributed by atoms with Gasteiger partial charge in [0.2, 0.25) is 10.0 Å². The molecule has 0 aromatic heterocycles. The van der Waals surface area contributed by atoms with Crippen molar-refractivity contribution in [2.45, 2.75) is 24.7 Å². The largest absolute Gasteiger partial charge is 0.481 e. The molecular formula is C13H17NO4S. The number of aryl methyl sites for hydroxylation is 1. The summed E-state index contributed by atoms with van der Waals surface area (Å²) in [5.74, 6) is -1.51. The molecule has 1 N–H and O–H groups in total. The number of carboxylic acid groups (broad SMARTS) is 1. The van der Waals surface area contributed by atoms with Gasteiger partial charge in [-0.3, -0.25) is 4.79 Å². The summed E-state index contributed by atoms with van der Waals surface area (Å²) in [6.45, 7) is 2.19. The average molecular weight is 283 g/mol. The van der Waals surface area contributed by atoms with Crippen LogP contribution in [0.25, 0.3) is 0 Å². The molecule has 0 spiro atoms. The van der Waals surface area contributed by atoms with Gasteiger partial charge in [0.15, 0.2) is 0 Å². The minimum Gasteiger partial charge on any atom is -0.481 e. The SMILES string of the molecule is CCCc1ccc(S(=O)(=O)N2CC(C(=O)O)C2)cc1. The lowest BCUT2D eigenvalue weighted by atomic mass is 10.0. The van der Waals surface area contributed by atoms with Crippen LogP contribution in [0.3, 0.4) is 0 Å². The maximum atomic E-state index is 12.2. The molecule has 2 rings (SSSR count). The van der Waals surface area contributed by atoms with E-state index in [0.717, 1.165) is 18.4 Å². The number of rotatable bonds is 5. The van der Waals surface area contributed by atoms with Crippen LogP contribution in [0.1, 0.15) is 18.9 Å². The van der Waals surface area contributed by atoms with Crippen molar-refractivity contribution in [3.8, 4) is 0 Å². The fraction of sp³-hybridized carbons (Fsp3) is 0.462. The molecule has 0 radical (unpaired) electrons. The molecule has 0 aliphatic carbocycles. The van der Waals surface area contributed by atoms with Gasteiger partial charge in [-0.05, 0) is 24.1 Å². The van der Waals surface area contributed by atoms with Gasteiger partial charge in [-0.25, -0.2) is 8.42 Å². The first kappa shape index (κ1) is 14.0. The summed E-state index contributed by atoms with van der Waals surface area (Å²) < 4.78 is 25.6. The third kappa shape index (κ3) is 2.79. The summed E-state index contributed by atoms with van der Waals surface area (Å²) >= 11 is 0. The number of hydrogen-bond acceptors (Lipinski definition) is 3. The van der Waals surface area contributed by atoms with Gasteiger partial charge in [0.25, 0.3) is 0 Å². The molecule has 104 valence electrons. The molecule has 0 bridgehead atoms. The molecule has 1 fully saturated rings. The number of carbonyl (C=O) groups is 1. The second kappa shape index (κ2) is 5.30. The fourth-order valence-corrected chi connectivity index (χ4v) is 3.59. The predicted octanol–water partition coefficient (Wildman–Crippen LogP) is 1.34. The molecule has 0 saturated carbocycles. The highest BCUT2D eigenvalue weighted by Gasteiger charge is 2.40. The van der Waals surface area contributed by atoms with E-state index in [1.807, 2.05) is 12.1 Å². The first-order chi connectivity index (χ1) is 8.95. The Bertz CT molecular complexity index is 559. The lowest BCUT2D eigenvalue weighted by Gasteiger charge is -2.35. The first-order valence-electron chi connectivity index (χ1n) is 6.27. The molecule has 19 heavy (non-hydrogen) atoms. The van der Waals surface area contributed by atoms with E-state index >= 15 is 0 Å². The van der Waals surface area contributed by atoms with Crippen LogP contribution in [-0.2, 0) is 21.2 Å². The van der Waals surface area contributed by atoms with Crippen molar-refractivity contribution < 1.29 is 18.3 Å². The van der Waals surface area contributed by atoms with Crippen LogP contribution in [-0.4, -0.2) is 36.9 Å². The highest BCUT2D eigenvalue weighted by Crippen LogP contribution is 2.25. The summed E-state index contributed by atoms with van der Waals surface area (Å²) in [5.41, 5.74) is 1.11. The summed E-state index contributed by atoms with van der Waals surface area (Å²) in [7, 11) is -3.53. The summed E-state index contributed by atoms with van der Waals surface area (Å²) in [6, 6.07) is 6.80. The van der Waals surface area contributed by atoms with Crippen molar-refractivity contribution in [3.05, 3.63) is 29.8 Å². The monoisotopic (exact) mass is 283 g/mol. The van der Waals surface area contributed by atoms with Crippen LogP contribution in [0.5, 0.6) is 0 Å². The van der Waals surface area contributed by atoms with Gasteiger partial charge in [0.1, 0.15) is 0 Å². The number of hydrogen-bond donors (Lipinski definition) is 1. The van der Waals surface area contributed by atoms with Crippen LogP contribution in [0.2, 0.25) is 0 Å². The van der Waals surface area contributed by atoms with Crippen molar-refractivity contribution >= 4 is 16.0 Å². The molecule has 0 atom stereocenters. The van der Waals surface area contributed by atoms with E-state index in [4.69, 9.17) is 5.11 Å². The van der Waals surface area contributed by atoms with Gasteiger partial charge in [0.05, 0.1) is 10.8 Å². The fourth-order valence-electron chi connectivity index (χ4n) is 2.06. The maximum Gasteiger partial charge on any atom is 0.309 e. The van der Waals surface area contributed by atoms with E-state index < -0.39 is 21.9 Å². The van der Waals surface area contributed by atoms with Crippen LogP contribution in [0.15, 0.2) is 29.2 Å². The van der Waals surface area contributed by atoms with Crippen LogP contribution < -0.4 is 0 Å². The van der Waals surface area contributed by atoms with E-state index in [-0.39, 0.29) is 18.0 Å². The Kier molecular flexibility index (Phi) is 3.91. The Hall–Kier alpha value is -1.40. The van der Waals surface area contributed by atoms with E-state index in [9.17, 15) is 13.2 Å². The van der Waals surface area contributed by atoms with Gasteiger partial charge >= 0.3 is 5.97 Å². The summed E-state index contributed by atoms with van der Waals surface area (Å²) in [6.07, 6.45) is 1.93. The third-order valence-electron chi connectivity index (χ3n) is 3.30. The van der Waals surface area contributed by atoms with Crippen molar-refractivity contribution in [2.75, 3.05) is 13.1 Å². The van der Waals surface area contributed by atoms with Gasteiger partial charge in [-0.2, -0.15) is 4.31 Å². The zero-order chi connectivity index (χ0) is 14.0. The third-order valence-corrected chi connectivity index (χ3v) is 5.14. The molecule has 1 aromatic carbocycles. The topological polar surface area (TPSA) is 74.7 Å². The Morgan fingerprint density at radius 2 is 1.89 bits per heavy atom. The van der Waals surface area contributed by atoms with Crippen molar-refractivity contribution in [1.82, 2.24) is 4.31 Å². The maximum absolute atomic E-state index is 12.2. The molecule has 1 saturated heterocycles. The molecule has 5 nitrogen and oxygen atoms in total. The molecule has 1 aliphatic rings. The average Bonchev–Trinajstić information content (AvgIpc) is 2.27. The van der Waals surface area contributed by atoms with Crippen LogP contribution >= 0.6 is 0 Å². The van der Waals surface area contributed by atoms with Gasteiger partial charge in [-0.15, -0.1) is 0 Å². The lowest BCUT2D eigenvalue weighted by molar-refractivity contribution is -0.145. The lowest BCUT2D eigenvalue weighted by Crippen LogP contribution is -2.52. The minimum absolute atomic E-state index is 0.0639. The van der Waals surface area contributed by atoms with E-state index in [2.05, 4.69) is 6.92 Å². The van der Waals surface area contributed by atoms with Crippen LogP contribution in [0, 0.1) is 5.92 Å². The zero-order valence-electron chi connectivity index (χ0n) is 10.7. The highest BCUT2D eigenvalue weighted by molar-refractivity contribution is 7.89. The predicted molar refractivity (Wildman–Crippen MR) is 70.3 cm³/mol. The van der Waals surface area contributed by atoms with Crippen LogP contribution in [0.4, 0.5) is 0 Å². The Morgan fingerprint density at radius 3 is 2.37 bits per heavy atom.